The first kappa shape index (κ1) is 29.1. The van der Waals surface area contributed by atoms with Crippen LogP contribution in [0.4, 0.5) is 5.69 Å². The Morgan fingerprint density at radius 3 is 2.08 bits per heavy atom. The molecule has 0 saturated heterocycles. The lowest BCUT2D eigenvalue weighted by molar-refractivity contribution is 1.18. The zero-order valence-electron chi connectivity index (χ0n) is 26.9. The van der Waals surface area contributed by atoms with Crippen LogP contribution >= 0.6 is 11.8 Å². The summed E-state index contributed by atoms with van der Waals surface area (Å²) in [6, 6.07) is 50.2. The second-order valence-electron chi connectivity index (χ2n) is 12.4. The van der Waals surface area contributed by atoms with E-state index in [9.17, 15) is 0 Å². The van der Waals surface area contributed by atoms with Crippen LogP contribution in [0.3, 0.4) is 0 Å². The summed E-state index contributed by atoms with van der Waals surface area (Å²) in [4.78, 5) is 4.66. The number of aromatic nitrogens is 1. The molecule has 2 aliphatic rings. The molecule has 0 amide bonds. The maximum atomic E-state index is 4.53. The lowest BCUT2D eigenvalue weighted by atomic mass is 9.87. The van der Waals surface area contributed by atoms with E-state index >= 15 is 0 Å². The van der Waals surface area contributed by atoms with Crippen LogP contribution in [0.5, 0.6) is 0 Å². The van der Waals surface area contributed by atoms with Crippen LogP contribution in [0.2, 0.25) is 0 Å². The third-order valence-electron chi connectivity index (χ3n) is 9.50. The molecule has 3 heteroatoms. The molecule has 7 aromatic rings. The SMILES string of the molecule is C=C1/C=C\C=C/N(c2ccccc2)/C=C2/c3cc(-c4ccc5c6ccccc6n(-c6ccccc6)c5c4)ccc3Sc3cccc(c32)C1=C. The van der Waals surface area contributed by atoms with Crippen LogP contribution in [0.15, 0.2) is 199 Å². The summed E-state index contributed by atoms with van der Waals surface area (Å²) in [7, 11) is 0. The highest BCUT2D eigenvalue weighted by Crippen LogP contribution is 2.50. The lowest BCUT2D eigenvalue weighted by Gasteiger charge is -2.28. The predicted octanol–water partition coefficient (Wildman–Crippen LogP) is 12.5. The van der Waals surface area contributed by atoms with Gasteiger partial charge in [0.2, 0.25) is 0 Å². The van der Waals surface area contributed by atoms with Gasteiger partial charge in [-0.25, -0.2) is 0 Å². The summed E-state index contributed by atoms with van der Waals surface area (Å²) in [5.41, 5.74) is 13.5. The van der Waals surface area contributed by atoms with E-state index in [1.165, 1.54) is 53.9 Å². The first-order valence-corrected chi connectivity index (χ1v) is 17.3. The molecule has 0 fully saturated rings. The Hall–Kier alpha value is -6.03. The molecule has 0 N–H and O–H groups in total. The molecule has 232 valence electrons. The van der Waals surface area contributed by atoms with Gasteiger partial charge in [-0.05, 0) is 94.1 Å². The summed E-state index contributed by atoms with van der Waals surface area (Å²) in [5.74, 6) is 0. The van der Waals surface area contributed by atoms with Gasteiger partial charge in [0, 0.05) is 55.5 Å². The predicted molar refractivity (Wildman–Crippen MR) is 209 cm³/mol. The minimum Gasteiger partial charge on any atom is -0.323 e. The number of hydrogen-bond acceptors (Lipinski definition) is 2. The highest BCUT2D eigenvalue weighted by atomic mass is 32.2. The number of benzene rings is 6. The Kier molecular flexibility index (Phi) is 7.07. The Bertz CT molecular complexity index is 2550. The van der Waals surface area contributed by atoms with Gasteiger partial charge in [-0.2, -0.15) is 0 Å². The van der Waals surface area contributed by atoms with E-state index in [0.29, 0.717) is 0 Å². The second-order valence-corrected chi connectivity index (χ2v) is 13.5. The van der Waals surface area contributed by atoms with Gasteiger partial charge < -0.3 is 9.47 Å². The molecular formula is C46H32N2S. The zero-order valence-corrected chi connectivity index (χ0v) is 27.7. The molecule has 2 aliphatic heterocycles. The Labute approximate surface area is 291 Å². The normalized spacial score (nSPS) is 16.4. The van der Waals surface area contributed by atoms with Crippen LogP contribution in [0.1, 0.15) is 16.7 Å². The third-order valence-corrected chi connectivity index (χ3v) is 10.6. The van der Waals surface area contributed by atoms with E-state index in [-0.39, 0.29) is 0 Å². The summed E-state index contributed by atoms with van der Waals surface area (Å²) in [5, 5.41) is 2.51. The molecule has 1 aromatic heterocycles. The molecule has 3 heterocycles. The quantitative estimate of drug-likeness (QED) is 0.189. The largest absolute Gasteiger partial charge is 0.323 e. The molecule has 0 bridgehead atoms. The van der Waals surface area contributed by atoms with Crippen molar-refractivity contribution in [3.05, 3.63) is 206 Å². The van der Waals surface area contributed by atoms with E-state index < -0.39 is 0 Å². The number of fused-ring (bicyclic) bond motifs is 5. The van der Waals surface area contributed by atoms with Crippen molar-refractivity contribution < 1.29 is 0 Å². The molecule has 9 rings (SSSR count). The van der Waals surface area contributed by atoms with Crippen LogP contribution in [-0.4, -0.2) is 4.57 Å². The first-order chi connectivity index (χ1) is 24.1. The standard InChI is InChI=1S/C46H32N2S/c1-31-14-11-12-27-47(35-15-5-3-6-16-35)30-41-40-28-33(24-26-44(40)49-45-22-13-20-37(32(31)2)46(41)45)34-23-25-39-38-19-9-10-21-42(38)48(43(39)29-34)36-17-7-4-8-18-36/h3-30H,1-2H2/b14-11-,27-12-,41-30-. The molecule has 0 atom stereocenters. The van der Waals surface area contributed by atoms with Gasteiger partial charge in [-0.3, -0.25) is 0 Å². The first-order valence-electron chi connectivity index (χ1n) is 16.5. The molecule has 49 heavy (non-hydrogen) atoms. The second kappa shape index (κ2) is 11.9. The van der Waals surface area contributed by atoms with Crippen molar-refractivity contribution in [2.45, 2.75) is 9.79 Å². The Morgan fingerprint density at radius 2 is 1.24 bits per heavy atom. The average Bonchev–Trinajstić information content (AvgIpc) is 3.48. The minimum atomic E-state index is 0.900. The Morgan fingerprint density at radius 1 is 0.531 bits per heavy atom. The van der Waals surface area contributed by atoms with Gasteiger partial charge in [0.1, 0.15) is 0 Å². The van der Waals surface area contributed by atoms with Crippen molar-refractivity contribution in [2.75, 3.05) is 4.90 Å². The molecule has 0 radical (unpaired) electrons. The smallest absolute Gasteiger partial charge is 0.0547 e. The zero-order chi connectivity index (χ0) is 32.9. The van der Waals surface area contributed by atoms with Gasteiger partial charge in [0.05, 0.1) is 11.0 Å². The monoisotopic (exact) mass is 644 g/mol. The average molecular weight is 645 g/mol. The van der Waals surface area contributed by atoms with Gasteiger partial charge in [-0.1, -0.05) is 122 Å². The van der Waals surface area contributed by atoms with E-state index in [4.69, 9.17) is 0 Å². The maximum absolute atomic E-state index is 4.53. The molecule has 0 aliphatic carbocycles. The van der Waals surface area contributed by atoms with Crippen LogP contribution in [-0.2, 0) is 0 Å². The number of hydrogen-bond donors (Lipinski definition) is 0. The molecule has 0 saturated carbocycles. The number of rotatable bonds is 3. The highest BCUT2D eigenvalue weighted by Gasteiger charge is 2.26. The number of allylic oxidation sites excluding steroid dienone is 5. The van der Waals surface area contributed by atoms with E-state index in [0.717, 1.165) is 33.7 Å². The molecular weight excluding hydrogens is 613 g/mol. The van der Waals surface area contributed by atoms with Gasteiger partial charge in [0.15, 0.2) is 0 Å². The summed E-state index contributed by atoms with van der Waals surface area (Å²) >= 11 is 1.82. The third kappa shape index (κ3) is 4.99. The van der Waals surface area contributed by atoms with Crippen molar-refractivity contribution in [1.82, 2.24) is 4.57 Å². The maximum Gasteiger partial charge on any atom is 0.0547 e. The Balaban J connectivity index is 1.27. The van der Waals surface area contributed by atoms with Crippen molar-refractivity contribution in [3.8, 4) is 16.8 Å². The van der Waals surface area contributed by atoms with Crippen molar-refractivity contribution >= 4 is 50.4 Å². The number of anilines is 1. The highest BCUT2D eigenvalue weighted by molar-refractivity contribution is 7.99. The molecule has 6 aromatic carbocycles. The summed E-state index contributed by atoms with van der Waals surface area (Å²) < 4.78 is 2.38. The van der Waals surface area contributed by atoms with Crippen LogP contribution < -0.4 is 4.90 Å². The molecule has 2 nitrogen and oxygen atoms in total. The molecule has 0 spiro atoms. The fourth-order valence-corrected chi connectivity index (χ4v) is 8.20. The van der Waals surface area contributed by atoms with E-state index in [1.807, 2.05) is 23.9 Å². The van der Waals surface area contributed by atoms with Crippen LogP contribution in [0.25, 0.3) is 49.8 Å². The topological polar surface area (TPSA) is 8.17 Å². The van der Waals surface area contributed by atoms with Crippen LogP contribution in [0, 0.1) is 0 Å². The lowest BCUT2D eigenvalue weighted by Crippen LogP contribution is -2.11. The minimum absolute atomic E-state index is 0.900. The van der Waals surface area contributed by atoms with Gasteiger partial charge in [-0.15, -0.1) is 0 Å². The summed E-state index contributed by atoms with van der Waals surface area (Å²) in [6.07, 6.45) is 10.5. The fourth-order valence-electron chi connectivity index (χ4n) is 7.08. The van der Waals surface area contributed by atoms with Gasteiger partial charge >= 0.3 is 0 Å². The van der Waals surface area contributed by atoms with Crippen molar-refractivity contribution in [2.24, 2.45) is 0 Å². The van der Waals surface area contributed by atoms with E-state index in [2.05, 4.69) is 181 Å². The van der Waals surface area contributed by atoms with Crippen molar-refractivity contribution in [1.29, 1.82) is 0 Å². The van der Waals surface area contributed by atoms with E-state index in [1.54, 1.807) is 0 Å². The number of nitrogens with zero attached hydrogens (tertiary/aromatic N) is 2. The molecule has 0 unspecified atom stereocenters. The van der Waals surface area contributed by atoms with Crippen molar-refractivity contribution in [3.63, 3.8) is 0 Å². The summed E-state index contributed by atoms with van der Waals surface area (Å²) in [6.45, 7) is 8.91. The van der Waals surface area contributed by atoms with Gasteiger partial charge in [0.25, 0.3) is 0 Å². The fraction of sp³-hybridized carbons (Fsp3) is 0. The number of para-hydroxylation sites is 3.